The molecule has 3 N–H and O–H groups in total. The van der Waals surface area contributed by atoms with Gasteiger partial charge in [0, 0.05) is 28.9 Å². The second-order valence-electron chi connectivity index (χ2n) is 7.46. The number of carbonyl (C=O) groups excluding carboxylic acids is 1. The normalized spacial score (nSPS) is 12.7. The number of hydrogen-bond donors (Lipinski definition) is 2. The molecular formula is C24H18N6O. The minimum absolute atomic E-state index is 0.176. The van der Waals surface area contributed by atoms with Gasteiger partial charge in [-0.1, -0.05) is 43.0 Å². The Kier molecular flexibility index (Phi) is 4.26. The molecule has 0 bridgehead atoms. The maximum atomic E-state index is 12.9. The van der Waals surface area contributed by atoms with E-state index in [0.29, 0.717) is 23.4 Å². The van der Waals surface area contributed by atoms with E-state index in [4.69, 9.17) is 16.0 Å². The van der Waals surface area contributed by atoms with Crippen LogP contribution < -0.4 is 5.73 Å². The molecule has 0 fully saturated rings. The number of aromatic amines is 1. The SMILES string of the molecule is C=C(C#N)CN1Cc2c(-c3ccc4[nH]nc(-c5ccccc5)c4n3)ccc(N)c2C1=O. The van der Waals surface area contributed by atoms with Crippen molar-refractivity contribution in [2.45, 2.75) is 6.54 Å². The summed E-state index contributed by atoms with van der Waals surface area (Å²) in [6.07, 6.45) is 0. The first-order chi connectivity index (χ1) is 15.1. The number of aromatic nitrogens is 3. The molecule has 0 spiro atoms. The monoisotopic (exact) mass is 406 g/mol. The fourth-order valence-corrected chi connectivity index (χ4v) is 3.98. The van der Waals surface area contributed by atoms with Gasteiger partial charge in [-0.05, 0) is 23.8 Å². The molecule has 5 rings (SSSR count). The molecule has 2 aromatic heterocycles. The molecule has 1 amide bonds. The van der Waals surface area contributed by atoms with Crippen molar-refractivity contribution >= 4 is 22.6 Å². The third-order valence-electron chi connectivity index (χ3n) is 5.47. The highest BCUT2D eigenvalue weighted by Gasteiger charge is 2.32. The zero-order valence-electron chi connectivity index (χ0n) is 16.6. The molecule has 7 heteroatoms. The van der Waals surface area contributed by atoms with Crippen molar-refractivity contribution in [1.82, 2.24) is 20.1 Å². The van der Waals surface area contributed by atoms with Gasteiger partial charge >= 0.3 is 0 Å². The van der Waals surface area contributed by atoms with Gasteiger partial charge in [-0.2, -0.15) is 10.4 Å². The van der Waals surface area contributed by atoms with Gasteiger partial charge in [-0.25, -0.2) is 4.98 Å². The lowest BCUT2D eigenvalue weighted by Gasteiger charge is -2.14. The van der Waals surface area contributed by atoms with E-state index in [2.05, 4.69) is 16.8 Å². The number of carbonyl (C=O) groups is 1. The van der Waals surface area contributed by atoms with Gasteiger partial charge < -0.3 is 10.6 Å². The molecule has 7 nitrogen and oxygen atoms in total. The number of nitriles is 1. The van der Waals surface area contributed by atoms with E-state index >= 15 is 0 Å². The van der Waals surface area contributed by atoms with Gasteiger partial charge in [-0.15, -0.1) is 0 Å². The number of fused-ring (bicyclic) bond motifs is 2. The van der Waals surface area contributed by atoms with E-state index in [1.807, 2.05) is 54.6 Å². The lowest BCUT2D eigenvalue weighted by atomic mass is 9.98. The third kappa shape index (κ3) is 3.02. The van der Waals surface area contributed by atoms with Crippen molar-refractivity contribution in [3.8, 4) is 28.6 Å². The highest BCUT2D eigenvalue weighted by molar-refractivity contribution is 6.05. The molecule has 4 aromatic rings. The first-order valence-corrected chi connectivity index (χ1v) is 9.76. The Bertz CT molecular complexity index is 1400. The molecule has 150 valence electrons. The Morgan fingerprint density at radius 3 is 2.77 bits per heavy atom. The Morgan fingerprint density at radius 1 is 1.19 bits per heavy atom. The van der Waals surface area contributed by atoms with Gasteiger partial charge in [-0.3, -0.25) is 9.89 Å². The zero-order valence-corrected chi connectivity index (χ0v) is 16.6. The second-order valence-corrected chi connectivity index (χ2v) is 7.46. The fraction of sp³-hybridized carbons (Fsp3) is 0.0833. The van der Waals surface area contributed by atoms with E-state index in [0.717, 1.165) is 39.1 Å². The summed E-state index contributed by atoms with van der Waals surface area (Å²) in [7, 11) is 0. The lowest BCUT2D eigenvalue weighted by molar-refractivity contribution is 0.0794. The van der Waals surface area contributed by atoms with Crippen molar-refractivity contribution in [2.75, 3.05) is 12.3 Å². The number of hydrogen-bond acceptors (Lipinski definition) is 5. The summed E-state index contributed by atoms with van der Waals surface area (Å²) in [5.41, 5.74) is 13.1. The number of nitrogens with two attached hydrogens (primary N) is 1. The summed E-state index contributed by atoms with van der Waals surface area (Å²) in [5.74, 6) is -0.194. The average Bonchev–Trinajstić information content (AvgIpc) is 3.36. The number of nitrogens with zero attached hydrogens (tertiary/aromatic N) is 4. The minimum atomic E-state index is -0.194. The Morgan fingerprint density at radius 2 is 2.00 bits per heavy atom. The predicted molar refractivity (Wildman–Crippen MR) is 119 cm³/mol. The second kappa shape index (κ2) is 7.11. The van der Waals surface area contributed by atoms with Crippen LogP contribution >= 0.6 is 0 Å². The molecule has 0 saturated carbocycles. The van der Waals surface area contributed by atoms with Crippen LogP contribution in [0.4, 0.5) is 5.69 Å². The quantitative estimate of drug-likeness (QED) is 0.394. The highest BCUT2D eigenvalue weighted by atomic mass is 16.2. The Hall–Kier alpha value is -4.44. The minimum Gasteiger partial charge on any atom is -0.398 e. The van der Waals surface area contributed by atoms with Gasteiger partial charge in [0.25, 0.3) is 5.91 Å². The number of pyridine rings is 1. The summed E-state index contributed by atoms with van der Waals surface area (Å²) >= 11 is 0. The first-order valence-electron chi connectivity index (χ1n) is 9.76. The topological polar surface area (TPSA) is 112 Å². The number of anilines is 1. The number of nitrogens with one attached hydrogen (secondary N) is 1. The van der Waals surface area contributed by atoms with Crippen LogP contribution in [-0.2, 0) is 6.54 Å². The van der Waals surface area contributed by atoms with Crippen LogP contribution in [0.15, 0.2) is 66.7 Å². The molecule has 0 saturated heterocycles. The number of benzene rings is 2. The lowest BCUT2D eigenvalue weighted by Crippen LogP contribution is -2.26. The molecule has 0 unspecified atom stereocenters. The molecule has 1 aliphatic heterocycles. The van der Waals surface area contributed by atoms with Gasteiger partial charge in [0.2, 0.25) is 0 Å². The van der Waals surface area contributed by atoms with Crippen LogP contribution in [0, 0.1) is 11.3 Å². The van der Waals surface area contributed by atoms with Crippen LogP contribution in [0.5, 0.6) is 0 Å². The number of rotatable bonds is 4. The van der Waals surface area contributed by atoms with Crippen LogP contribution in [0.1, 0.15) is 15.9 Å². The Balaban J connectivity index is 1.62. The van der Waals surface area contributed by atoms with Crippen LogP contribution in [0.3, 0.4) is 0 Å². The van der Waals surface area contributed by atoms with Crippen molar-refractivity contribution in [3.05, 3.63) is 77.9 Å². The van der Waals surface area contributed by atoms with Crippen molar-refractivity contribution < 1.29 is 4.79 Å². The van der Waals surface area contributed by atoms with Crippen LogP contribution in [0.2, 0.25) is 0 Å². The molecule has 31 heavy (non-hydrogen) atoms. The summed E-state index contributed by atoms with van der Waals surface area (Å²) in [4.78, 5) is 19.4. The zero-order chi connectivity index (χ0) is 21.5. The first kappa shape index (κ1) is 18.6. The molecule has 2 aromatic carbocycles. The largest absolute Gasteiger partial charge is 0.398 e. The van der Waals surface area contributed by atoms with Crippen molar-refractivity contribution in [1.29, 1.82) is 5.26 Å². The summed E-state index contributed by atoms with van der Waals surface area (Å²) in [6.45, 7) is 4.22. The van der Waals surface area contributed by atoms with Crippen molar-refractivity contribution in [2.24, 2.45) is 0 Å². The maximum Gasteiger partial charge on any atom is 0.256 e. The number of amides is 1. The molecule has 1 aliphatic rings. The number of nitrogen functional groups attached to an aromatic ring is 1. The molecular weight excluding hydrogens is 388 g/mol. The molecule has 0 radical (unpaired) electrons. The van der Waals surface area contributed by atoms with E-state index < -0.39 is 0 Å². The molecule has 0 atom stereocenters. The van der Waals surface area contributed by atoms with E-state index in [9.17, 15) is 4.79 Å². The van der Waals surface area contributed by atoms with E-state index in [-0.39, 0.29) is 12.5 Å². The third-order valence-corrected chi connectivity index (χ3v) is 5.47. The van der Waals surface area contributed by atoms with Gasteiger partial charge in [0.05, 0.1) is 29.4 Å². The predicted octanol–water partition coefficient (Wildman–Crippen LogP) is 3.91. The summed E-state index contributed by atoms with van der Waals surface area (Å²) in [6, 6.07) is 19.3. The van der Waals surface area contributed by atoms with E-state index in [1.165, 1.54) is 0 Å². The van der Waals surface area contributed by atoms with Crippen LogP contribution in [0.25, 0.3) is 33.5 Å². The summed E-state index contributed by atoms with van der Waals surface area (Å²) < 4.78 is 0. The molecule has 0 aliphatic carbocycles. The smallest absolute Gasteiger partial charge is 0.256 e. The Labute approximate surface area is 178 Å². The van der Waals surface area contributed by atoms with Gasteiger partial charge in [0.1, 0.15) is 11.2 Å². The maximum absolute atomic E-state index is 12.9. The molecule has 3 heterocycles. The van der Waals surface area contributed by atoms with Crippen molar-refractivity contribution in [3.63, 3.8) is 0 Å². The number of H-pyrrole nitrogens is 1. The van der Waals surface area contributed by atoms with Gasteiger partial charge in [0.15, 0.2) is 0 Å². The standard InChI is InChI=1S/C24H18N6O/c1-14(11-25)12-30-13-17-16(7-8-18(26)21(17)24(30)31)19-9-10-20-23(27-19)22(29-28-20)15-5-3-2-4-6-15/h2-10H,1,12-13,26H2,(H,28,29). The van der Waals surface area contributed by atoms with E-state index in [1.54, 1.807) is 11.0 Å². The highest BCUT2D eigenvalue weighted by Crippen LogP contribution is 2.36. The van der Waals surface area contributed by atoms with Crippen LogP contribution in [-0.4, -0.2) is 32.5 Å². The summed E-state index contributed by atoms with van der Waals surface area (Å²) in [5, 5.41) is 16.5. The fourth-order valence-electron chi connectivity index (χ4n) is 3.98. The average molecular weight is 406 g/mol.